The van der Waals surface area contributed by atoms with Crippen LogP contribution in [0, 0.1) is 0 Å². The molecule has 1 aromatic rings. The number of carbonyl (C=O) groups is 1. The van der Waals surface area contributed by atoms with Gasteiger partial charge in [0.25, 0.3) is 0 Å². The fourth-order valence-electron chi connectivity index (χ4n) is 1.02. The molecule has 1 rings (SSSR count). The summed E-state index contributed by atoms with van der Waals surface area (Å²) in [4.78, 5) is 11.6. The van der Waals surface area contributed by atoms with E-state index in [1.54, 1.807) is 31.3 Å². The number of halogens is 1. The molecule has 0 heterocycles. The number of Topliss-reactive ketones (excluding diaryl/α,β-unsaturated/α-hetero) is 1. The van der Waals surface area contributed by atoms with Crippen LogP contribution in [0.1, 0.15) is 17.3 Å². The fourth-order valence-corrected chi connectivity index (χ4v) is 1.21. The van der Waals surface area contributed by atoms with E-state index in [0.29, 0.717) is 10.6 Å². The largest absolute Gasteiger partial charge is 0.310 e. The third-order valence-electron chi connectivity index (χ3n) is 1.94. The molecular weight excluding hydrogens is 186 g/mol. The van der Waals surface area contributed by atoms with Crippen LogP contribution in [0.25, 0.3) is 0 Å². The van der Waals surface area contributed by atoms with Gasteiger partial charge in [0.15, 0.2) is 5.78 Å². The highest BCUT2D eigenvalue weighted by Gasteiger charge is 2.12. The van der Waals surface area contributed by atoms with Crippen LogP contribution >= 0.6 is 11.6 Å². The lowest BCUT2D eigenvalue weighted by molar-refractivity contribution is 0.0955. The van der Waals surface area contributed by atoms with Gasteiger partial charge in [0.2, 0.25) is 0 Å². The van der Waals surface area contributed by atoms with Crippen LogP contribution in [0.3, 0.4) is 0 Å². The summed E-state index contributed by atoms with van der Waals surface area (Å²) in [5, 5.41) is 3.48. The summed E-state index contributed by atoms with van der Waals surface area (Å²) in [5.74, 6) is 0.0602. The molecule has 0 bridgehead atoms. The van der Waals surface area contributed by atoms with Gasteiger partial charge in [-0.15, -0.1) is 0 Å². The van der Waals surface area contributed by atoms with Crippen LogP contribution < -0.4 is 5.32 Å². The second kappa shape index (κ2) is 4.40. The number of likely N-dealkylation sites (N-methyl/N-ethyl adjacent to an activating group) is 1. The molecule has 70 valence electrons. The van der Waals surface area contributed by atoms with Crippen molar-refractivity contribution >= 4 is 17.4 Å². The van der Waals surface area contributed by atoms with Crippen LogP contribution in [0.15, 0.2) is 24.3 Å². The van der Waals surface area contributed by atoms with Crippen molar-refractivity contribution in [2.45, 2.75) is 13.0 Å². The van der Waals surface area contributed by atoms with E-state index in [9.17, 15) is 4.79 Å². The molecule has 2 nitrogen and oxygen atoms in total. The molecule has 0 amide bonds. The molecule has 0 spiro atoms. The van der Waals surface area contributed by atoms with E-state index in [1.165, 1.54) is 0 Å². The van der Waals surface area contributed by atoms with Gasteiger partial charge in [-0.2, -0.15) is 0 Å². The lowest BCUT2D eigenvalue weighted by Crippen LogP contribution is -2.30. The standard InChI is InChI=1S/C10H12ClNO/c1-7(12-2)10(13)8-4-3-5-9(11)6-8/h3-7,12H,1-2H3/t7-/m0/s1. The van der Waals surface area contributed by atoms with E-state index in [0.717, 1.165) is 0 Å². The van der Waals surface area contributed by atoms with Crippen molar-refractivity contribution in [3.8, 4) is 0 Å². The number of benzene rings is 1. The summed E-state index contributed by atoms with van der Waals surface area (Å²) >= 11 is 5.76. The first-order valence-electron chi connectivity index (χ1n) is 4.12. The predicted molar refractivity (Wildman–Crippen MR) is 54.3 cm³/mol. The van der Waals surface area contributed by atoms with E-state index in [-0.39, 0.29) is 11.8 Å². The van der Waals surface area contributed by atoms with Crippen molar-refractivity contribution < 1.29 is 4.79 Å². The Kier molecular flexibility index (Phi) is 3.46. The number of hydrogen-bond donors (Lipinski definition) is 1. The minimum atomic E-state index is -0.168. The number of ketones is 1. The number of carbonyl (C=O) groups excluding carboxylic acids is 1. The zero-order chi connectivity index (χ0) is 9.84. The van der Waals surface area contributed by atoms with Gasteiger partial charge in [-0.25, -0.2) is 0 Å². The average molecular weight is 198 g/mol. The smallest absolute Gasteiger partial charge is 0.179 e. The van der Waals surface area contributed by atoms with Gasteiger partial charge in [-0.3, -0.25) is 4.79 Å². The molecule has 1 atom stereocenters. The molecule has 0 aliphatic carbocycles. The highest BCUT2D eigenvalue weighted by Crippen LogP contribution is 2.12. The number of hydrogen-bond acceptors (Lipinski definition) is 2. The van der Waals surface area contributed by atoms with Crippen molar-refractivity contribution in [1.29, 1.82) is 0 Å². The summed E-state index contributed by atoms with van der Waals surface area (Å²) in [5.41, 5.74) is 0.648. The maximum absolute atomic E-state index is 11.6. The Morgan fingerprint density at radius 3 is 2.77 bits per heavy atom. The van der Waals surface area contributed by atoms with Gasteiger partial charge in [-0.1, -0.05) is 23.7 Å². The highest BCUT2D eigenvalue weighted by atomic mass is 35.5. The summed E-state index contributed by atoms with van der Waals surface area (Å²) in [6.07, 6.45) is 0. The number of nitrogens with one attached hydrogen (secondary N) is 1. The predicted octanol–water partition coefficient (Wildman–Crippen LogP) is 2.13. The molecule has 0 saturated carbocycles. The second-order valence-corrected chi connectivity index (χ2v) is 3.32. The first-order chi connectivity index (χ1) is 6.15. The SMILES string of the molecule is CN[C@@H](C)C(=O)c1cccc(Cl)c1. The zero-order valence-corrected chi connectivity index (χ0v) is 8.43. The average Bonchev–Trinajstić information content (AvgIpc) is 2.15. The van der Waals surface area contributed by atoms with Gasteiger partial charge in [0.1, 0.15) is 0 Å². The Balaban J connectivity index is 2.89. The Morgan fingerprint density at radius 1 is 1.54 bits per heavy atom. The molecule has 0 aliphatic heterocycles. The van der Waals surface area contributed by atoms with Gasteiger partial charge in [-0.05, 0) is 26.1 Å². The maximum Gasteiger partial charge on any atom is 0.179 e. The van der Waals surface area contributed by atoms with Crippen molar-refractivity contribution in [1.82, 2.24) is 5.32 Å². The summed E-state index contributed by atoms with van der Waals surface area (Å²) < 4.78 is 0. The third kappa shape index (κ3) is 2.54. The van der Waals surface area contributed by atoms with Crippen molar-refractivity contribution in [3.05, 3.63) is 34.9 Å². The van der Waals surface area contributed by atoms with Crippen molar-refractivity contribution in [3.63, 3.8) is 0 Å². The van der Waals surface area contributed by atoms with Crippen molar-refractivity contribution in [2.24, 2.45) is 0 Å². The van der Waals surface area contributed by atoms with Gasteiger partial charge < -0.3 is 5.32 Å². The van der Waals surface area contributed by atoms with Crippen LogP contribution in [-0.2, 0) is 0 Å². The Hall–Kier alpha value is -0.860. The molecule has 0 saturated heterocycles. The Bertz CT molecular complexity index is 312. The highest BCUT2D eigenvalue weighted by molar-refractivity contribution is 6.31. The summed E-state index contributed by atoms with van der Waals surface area (Å²) in [7, 11) is 1.76. The van der Waals surface area contributed by atoms with E-state index in [1.807, 2.05) is 6.92 Å². The summed E-state index contributed by atoms with van der Waals surface area (Å²) in [6.45, 7) is 1.82. The quantitative estimate of drug-likeness (QED) is 0.753. The monoisotopic (exact) mass is 197 g/mol. The molecule has 0 unspecified atom stereocenters. The van der Waals surface area contributed by atoms with Gasteiger partial charge >= 0.3 is 0 Å². The zero-order valence-electron chi connectivity index (χ0n) is 7.67. The van der Waals surface area contributed by atoms with Crippen LogP contribution in [-0.4, -0.2) is 18.9 Å². The minimum Gasteiger partial charge on any atom is -0.310 e. The molecule has 3 heteroatoms. The fraction of sp³-hybridized carbons (Fsp3) is 0.300. The molecular formula is C10H12ClNO. The molecule has 0 aromatic heterocycles. The second-order valence-electron chi connectivity index (χ2n) is 2.88. The summed E-state index contributed by atoms with van der Waals surface area (Å²) in [6, 6.07) is 6.80. The molecule has 0 fully saturated rings. The minimum absolute atomic E-state index is 0.0602. The third-order valence-corrected chi connectivity index (χ3v) is 2.17. The Labute approximate surface area is 82.9 Å². The molecule has 13 heavy (non-hydrogen) atoms. The lowest BCUT2D eigenvalue weighted by atomic mass is 10.1. The molecule has 0 radical (unpaired) electrons. The van der Waals surface area contributed by atoms with Gasteiger partial charge in [0.05, 0.1) is 6.04 Å². The van der Waals surface area contributed by atoms with E-state index >= 15 is 0 Å². The van der Waals surface area contributed by atoms with E-state index < -0.39 is 0 Å². The Morgan fingerprint density at radius 2 is 2.23 bits per heavy atom. The van der Waals surface area contributed by atoms with E-state index in [2.05, 4.69) is 5.32 Å². The normalized spacial score (nSPS) is 12.5. The number of rotatable bonds is 3. The molecule has 1 aromatic carbocycles. The van der Waals surface area contributed by atoms with Crippen LogP contribution in [0.5, 0.6) is 0 Å². The van der Waals surface area contributed by atoms with Crippen LogP contribution in [0.2, 0.25) is 5.02 Å². The van der Waals surface area contributed by atoms with Crippen molar-refractivity contribution in [2.75, 3.05) is 7.05 Å². The van der Waals surface area contributed by atoms with Crippen LogP contribution in [0.4, 0.5) is 0 Å². The molecule has 0 aliphatic rings. The topological polar surface area (TPSA) is 29.1 Å². The molecule has 1 N–H and O–H groups in total. The lowest BCUT2D eigenvalue weighted by Gasteiger charge is -2.08. The van der Waals surface area contributed by atoms with E-state index in [4.69, 9.17) is 11.6 Å². The first kappa shape index (κ1) is 10.2. The first-order valence-corrected chi connectivity index (χ1v) is 4.50. The maximum atomic E-state index is 11.6. The van der Waals surface area contributed by atoms with Gasteiger partial charge in [0, 0.05) is 10.6 Å².